The van der Waals surface area contributed by atoms with Crippen molar-refractivity contribution in [3.8, 4) is 0 Å². The maximum Gasteiger partial charge on any atom is 0.281 e. The monoisotopic (exact) mass is 569 g/mol. The molecule has 0 saturated carbocycles. The minimum Gasteiger partial charge on any atom is -0.350 e. The van der Waals surface area contributed by atoms with E-state index >= 15 is 0 Å². The summed E-state index contributed by atoms with van der Waals surface area (Å²) in [6, 6.07) is 7.48. The molecule has 2 heterocycles. The van der Waals surface area contributed by atoms with E-state index in [-0.39, 0.29) is 47.7 Å². The van der Waals surface area contributed by atoms with Gasteiger partial charge in [0.2, 0.25) is 11.8 Å². The molecule has 37 heavy (non-hydrogen) atoms. The summed E-state index contributed by atoms with van der Waals surface area (Å²) in [5.41, 5.74) is 0.780. The molecular formula is C24H23ClF2N3O5PS. The highest BCUT2D eigenvalue weighted by molar-refractivity contribution is 8.48. The molecule has 2 aromatic carbocycles. The van der Waals surface area contributed by atoms with Gasteiger partial charge in [-0.25, -0.2) is 8.78 Å². The summed E-state index contributed by atoms with van der Waals surface area (Å²) in [5, 5.41) is 2.91. The lowest BCUT2D eigenvalue weighted by molar-refractivity contribution is -0.139. The molecule has 0 spiro atoms. The summed E-state index contributed by atoms with van der Waals surface area (Å²) in [4.78, 5) is 49.2. The Hall–Kier alpha value is -2.72. The fourth-order valence-electron chi connectivity index (χ4n) is 4.40. The third-order valence-corrected chi connectivity index (χ3v) is 8.18. The highest BCUT2D eigenvalue weighted by atomic mass is 35.5. The van der Waals surface area contributed by atoms with Gasteiger partial charge in [-0.3, -0.25) is 18.9 Å². The van der Waals surface area contributed by atoms with Crippen LogP contribution in [0.1, 0.15) is 29.3 Å². The van der Waals surface area contributed by atoms with Crippen LogP contribution in [0.15, 0.2) is 42.6 Å². The predicted octanol–water partition coefficient (Wildman–Crippen LogP) is 3.63. The molecule has 13 heteroatoms. The van der Waals surface area contributed by atoms with Crippen molar-refractivity contribution in [2.75, 3.05) is 6.54 Å². The number of nitrogens with zero attached hydrogens (tertiary/aromatic N) is 2. The Balaban J connectivity index is 1.57. The number of hydrogen-bond donors (Lipinski definition) is 3. The van der Waals surface area contributed by atoms with Crippen LogP contribution in [0, 0.1) is 5.82 Å². The van der Waals surface area contributed by atoms with E-state index in [0.717, 1.165) is 4.90 Å². The summed E-state index contributed by atoms with van der Waals surface area (Å²) in [5.74, 6) is -2.20. The Kier molecular flexibility index (Phi) is 7.80. The smallest absolute Gasteiger partial charge is 0.281 e. The Morgan fingerprint density at radius 2 is 2.00 bits per heavy atom. The van der Waals surface area contributed by atoms with Gasteiger partial charge in [0.1, 0.15) is 24.6 Å². The molecule has 2 amide bonds. The maximum absolute atomic E-state index is 14.3. The third-order valence-electron chi connectivity index (χ3n) is 6.24. The molecule has 0 aliphatic carbocycles. The van der Waals surface area contributed by atoms with Crippen molar-refractivity contribution in [2.24, 2.45) is 0 Å². The average molecular weight is 570 g/mol. The van der Waals surface area contributed by atoms with Gasteiger partial charge in [0, 0.05) is 41.0 Å². The van der Waals surface area contributed by atoms with Crippen LogP contribution in [0.3, 0.4) is 0 Å². The molecule has 196 valence electrons. The van der Waals surface area contributed by atoms with Gasteiger partial charge >= 0.3 is 0 Å². The second kappa shape index (κ2) is 10.6. The molecular weight excluding hydrogens is 547 g/mol. The second-order valence-electron chi connectivity index (χ2n) is 8.80. The lowest BCUT2D eigenvalue weighted by atomic mass is 10.1. The van der Waals surface area contributed by atoms with Crippen LogP contribution < -0.4 is 10.6 Å². The normalized spacial score (nSPS) is 19.1. The number of ketones is 1. The number of thiol groups is 1. The summed E-state index contributed by atoms with van der Waals surface area (Å²) in [6.45, 7) is -3.43. The number of halogens is 3. The molecule has 1 unspecified atom stereocenters. The standard InChI is InChI=1S/C24H23ClF2N3O5PS/c1-13(31)18-11-29(20-8-16(36(34,35)37)5-6-17(18)20)12-22(32)30-10-15(26)7-21(30)24(33)28-9-14-3-2-4-19(25)23(14)27/h2-6,8,11,15,21H,7,9-10,12H2,1H3,(H,28,33)(H2,34,35,37)/t15-,21+/m1/s1. The highest BCUT2D eigenvalue weighted by Gasteiger charge is 2.40. The number of fused-ring (bicyclic) bond motifs is 1. The Bertz CT molecular complexity index is 1460. The van der Waals surface area contributed by atoms with Gasteiger partial charge in [0.05, 0.1) is 17.1 Å². The number of hydrogen-bond acceptors (Lipinski definition) is 4. The summed E-state index contributed by atoms with van der Waals surface area (Å²) in [6.07, 6.45) is -0.221. The van der Waals surface area contributed by atoms with Crippen LogP contribution in [0.5, 0.6) is 0 Å². The van der Waals surface area contributed by atoms with Crippen molar-refractivity contribution in [3.05, 3.63) is 64.6 Å². The average Bonchev–Trinajstić information content (AvgIpc) is 3.40. The first-order chi connectivity index (χ1) is 17.4. The van der Waals surface area contributed by atoms with Crippen LogP contribution in [-0.2, 0) is 27.2 Å². The first-order valence-corrected chi connectivity index (χ1v) is 14.4. The largest absolute Gasteiger partial charge is 0.350 e. The number of carbonyl (C=O) groups excluding carboxylic acids is 3. The first kappa shape index (κ1) is 27.3. The summed E-state index contributed by atoms with van der Waals surface area (Å²) in [7, 11) is 0. The van der Waals surface area contributed by atoms with Crippen molar-refractivity contribution in [3.63, 3.8) is 0 Å². The van der Waals surface area contributed by atoms with Crippen molar-refractivity contribution in [2.45, 2.75) is 38.6 Å². The fraction of sp³-hybridized carbons (Fsp3) is 0.292. The quantitative estimate of drug-likeness (QED) is 0.229. The molecule has 1 saturated heterocycles. The van der Waals surface area contributed by atoms with Gasteiger partial charge in [-0.05, 0) is 25.1 Å². The summed E-state index contributed by atoms with van der Waals surface area (Å²) >= 11 is 9.50. The van der Waals surface area contributed by atoms with E-state index in [1.54, 1.807) is 0 Å². The molecule has 2 N–H and O–H groups in total. The third kappa shape index (κ3) is 5.75. The molecule has 1 aliphatic heterocycles. The van der Waals surface area contributed by atoms with Gasteiger partial charge in [-0.1, -0.05) is 42.0 Å². The van der Waals surface area contributed by atoms with E-state index in [1.807, 2.05) is 0 Å². The van der Waals surface area contributed by atoms with Gasteiger partial charge in [0.25, 0.3) is 6.57 Å². The maximum atomic E-state index is 14.3. The van der Waals surface area contributed by atoms with E-state index in [4.69, 9.17) is 11.6 Å². The molecule has 1 aromatic heterocycles. The number of carbonyl (C=O) groups is 3. The molecule has 3 aromatic rings. The van der Waals surface area contributed by atoms with Crippen molar-refractivity contribution >= 4 is 64.2 Å². The topological polar surface area (TPSA) is 109 Å². The molecule has 8 nitrogen and oxygen atoms in total. The van der Waals surface area contributed by atoms with Gasteiger partial charge in [-0.15, -0.1) is 0 Å². The van der Waals surface area contributed by atoms with Crippen LogP contribution in [0.25, 0.3) is 10.9 Å². The minimum atomic E-state index is -3.92. The van der Waals surface area contributed by atoms with Crippen LogP contribution in [-0.4, -0.2) is 50.7 Å². The fourth-order valence-corrected chi connectivity index (χ4v) is 5.53. The van der Waals surface area contributed by atoms with E-state index in [9.17, 15) is 32.6 Å². The number of rotatable bonds is 7. The number of amides is 2. The lowest BCUT2D eigenvalue weighted by Gasteiger charge is -2.24. The molecule has 4 rings (SSSR count). The van der Waals surface area contributed by atoms with Gasteiger partial charge in [0.15, 0.2) is 5.78 Å². The molecule has 1 aliphatic rings. The molecule has 1 fully saturated rings. The van der Waals surface area contributed by atoms with Gasteiger partial charge in [-0.2, -0.15) is 0 Å². The Morgan fingerprint density at radius 1 is 1.27 bits per heavy atom. The molecule has 0 radical (unpaired) electrons. The van der Waals surface area contributed by atoms with Crippen LogP contribution in [0.4, 0.5) is 8.78 Å². The lowest BCUT2D eigenvalue weighted by Crippen LogP contribution is -2.46. The Morgan fingerprint density at radius 3 is 2.68 bits per heavy atom. The zero-order valence-corrected chi connectivity index (χ0v) is 22.1. The van der Waals surface area contributed by atoms with E-state index in [2.05, 4.69) is 17.6 Å². The van der Waals surface area contributed by atoms with Crippen molar-refractivity contribution < 1.29 is 32.6 Å². The SMILES string of the molecule is CC(=O)c1cn(CC(=O)N2C[C@H](F)C[C@H]2C(=O)NCc2cccc(Cl)c2F)c2cc(P(=O)(O)S)ccc12. The summed E-state index contributed by atoms with van der Waals surface area (Å²) < 4.78 is 42.0. The zero-order chi connectivity index (χ0) is 27.1. The number of likely N-dealkylation sites (tertiary alicyclic amines) is 1. The highest BCUT2D eigenvalue weighted by Crippen LogP contribution is 2.44. The zero-order valence-electron chi connectivity index (χ0n) is 19.5. The van der Waals surface area contributed by atoms with Gasteiger partial charge < -0.3 is 19.7 Å². The second-order valence-corrected chi connectivity index (χ2v) is 12.4. The molecule has 3 atom stereocenters. The first-order valence-electron chi connectivity index (χ1n) is 11.2. The predicted molar refractivity (Wildman–Crippen MR) is 139 cm³/mol. The van der Waals surface area contributed by atoms with Crippen molar-refractivity contribution in [1.82, 2.24) is 14.8 Å². The van der Waals surface area contributed by atoms with E-state index in [0.29, 0.717) is 16.5 Å². The number of alkyl halides is 1. The van der Waals surface area contributed by atoms with E-state index < -0.39 is 36.4 Å². The van der Waals surface area contributed by atoms with Crippen LogP contribution >= 0.6 is 30.4 Å². The number of benzene rings is 2. The van der Waals surface area contributed by atoms with Crippen molar-refractivity contribution in [1.29, 1.82) is 0 Å². The minimum absolute atomic E-state index is 0.0146. The Labute approximate surface area is 221 Å². The van der Waals surface area contributed by atoms with E-state index in [1.165, 1.54) is 54.1 Å². The number of Topliss-reactive ketones (excluding diaryl/α,β-unsaturated/α-hetero) is 1. The van der Waals surface area contributed by atoms with Crippen LogP contribution in [0.2, 0.25) is 5.02 Å². The molecule has 0 bridgehead atoms. The number of aromatic nitrogens is 1. The number of nitrogens with one attached hydrogen (secondary N) is 1.